The molecule has 1 N–H and O–H groups in total. The molecule has 112 valence electrons. The average molecular weight is 278 g/mol. The van der Waals surface area contributed by atoms with Crippen molar-refractivity contribution in [3.8, 4) is 0 Å². The van der Waals surface area contributed by atoms with Crippen LogP contribution in [0.25, 0.3) is 0 Å². The van der Waals surface area contributed by atoms with Crippen molar-refractivity contribution in [1.29, 1.82) is 0 Å². The summed E-state index contributed by atoms with van der Waals surface area (Å²) < 4.78 is 12.9. The van der Waals surface area contributed by atoms with Crippen LogP contribution in [-0.2, 0) is 6.54 Å². The van der Waals surface area contributed by atoms with Crippen LogP contribution >= 0.6 is 0 Å². The van der Waals surface area contributed by atoms with Gasteiger partial charge in [0.2, 0.25) is 0 Å². The lowest BCUT2D eigenvalue weighted by atomic mass is 9.95. The third-order valence-electron chi connectivity index (χ3n) is 3.75. The molecule has 0 radical (unpaired) electrons. The first-order valence-corrected chi connectivity index (χ1v) is 7.62. The second-order valence-electron chi connectivity index (χ2n) is 7.14. The van der Waals surface area contributed by atoms with Crippen LogP contribution in [0.1, 0.15) is 39.2 Å². The predicted molar refractivity (Wildman–Crippen MR) is 82.2 cm³/mol. The molecule has 0 bridgehead atoms. The van der Waals surface area contributed by atoms with E-state index in [9.17, 15) is 4.39 Å². The van der Waals surface area contributed by atoms with E-state index in [2.05, 4.69) is 31.0 Å². The lowest BCUT2D eigenvalue weighted by Gasteiger charge is -2.34. The van der Waals surface area contributed by atoms with E-state index >= 15 is 0 Å². The molecule has 1 aliphatic rings. The second kappa shape index (κ2) is 6.68. The summed E-state index contributed by atoms with van der Waals surface area (Å²) in [6.45, 7) is 11.0. The van der Waals surface area contributed by atoms with Crippen LogP contribution < -0.4 is 5.32 Å². The van der Waals surface area contributed by atoms with Crippen molar-refractivity contribution in [3.63, 3.8) is 0 Å². The topological polar surface area (TPSA) is 15.3 Å². The van der Waals surface area contributed by atoms with Crippen molar-refractivity contribution in [2.45, 2.75) is 46.2 Å². The highest BCUT2D eigenvalue weighted by molar-refractivity contribution is 5.16. The van der Waals surface area contributed by atoms with Gasteiger partial charge in [0.05, 0.1) is 0 Å². The Morgan fingerprint density at radius 3 is 2.60 bits per heavy atom. The van der Waals surface area contributed by atoms with Crippen LogP contribution in [0.4, 0.5) is 4.39 Å². The number of piperidine rings is 1. The molecule has 0 aliphatic carbocycles. The van der Waals surface area contributed by atoms with Gasteiger partial charge < -0.3 is 5.32 Å². The fourth-order valence-corrected chi connectivity index (χ4v) is 2.66. The van der Waals surface area contributed by atoms with Crippen LogP contribution in [0, 0.1) is 11.2 Å². The molecule has 0 aromatic heterocycles. The summed E-state index contributed by atoms with van der Waals surface area (Å²) in [5.74, 6) is -0.155. The fraction of sp³-hybridized carbons (Fsp3) is 0.647. The number of rotatable bonds is 4. The molecule has 1 aromatic carbocycles. The van der Waals surface area contributed by atoms with E-state index in [0.717, 1.165) is 26.2 Å². The predicted octanol–water partition coefficient (Wildman–Crippen LogP) is 3.43. The number of benzene rings is 1. The average Bonchev–Trinajstić information content (AvgIpc) is 2.39. The Bertz CT molecular complexity index is 408. The minimum Gasteiger partial charge on any atom is -0.312 e. The van der Waals surface area contributed by atoms with Crippen molar-refractivity contribution in [1.82, 2.24) is 10.2 Å². The highest BCUT2D eigenvalue weighted by Gasteiger charge is 2.21. The maximum absolute atomic E-state index is 12.9. The zero-order chi connectivity index (χ0) is 14.6. The smallest absolute Gasteiger partial charge is 0.123 e. The van der Waals surface area contributed by atoms with Gasteiger partial charge in [-0.05, 0) is 42.5 Å². The van der Waals surface area contributed by atoms with Gasteiger partial charge in [0.15, 0.2) is 0 Å². The van der Waals surface area contributed by atoms with Gasteiger partial charge in [0.25, 0.3) is 0 Å². The summed E-state index contributed by atoms with van der Waals surface area (Å²) >= 11 is 0. The van der Waals surface area contributed by atoms with Crippen LogP contribution in [-0.4, -0.2) is 30.6 Å². The summed E-state index contributed by atoms with van der Waals surface area (Å²) in [5, 5.41) is 3.68. The lowest BCUT2D eigenvalue weighted by Crippen LogP contribution is -2.47. The number of nitrogens with zero attached hydrogens (tertiary/aromatic N) is 1. The first-order chi connectivity index (χ1) is 9.42. The van der Waals surface area contributed by atoms with Crippen molar-refractivity contribution in [3.05, 3.63) is 35.6 Å². The molecule has 2 rings (SSSR count). The number of halogens is 1. The summed E-state index contributed by atoms with van der Waals surface area (Å²) in [5.41, 5.74) is 1.53. The molecular weight excluding hydrogens is 251 g/mol. The number of nitrogens with one attached hydrogen (secondary N) is 1. The number of hydrogen-bond acceptors (Lipinski definition) is 2. The van der Waals surface area contributed by atoms with Gasteiger partial charge in [0.1, 0.15) is 5.82 Å². The molecule has 1 aromatic rings. The maximum Gasteiger partial charge on any atom is 0.123 e. The molecule has 1 heterocycles. The Morgan fingerprint density at radius 2 is 1.95 bits per heavy atom. The zero-order valence-electron chi connectivity index (χ0n) is 13.0. The Kier molecular flexibility index (Phi) is 5.17. The molecule has 0 saturated carbocycles. The largest absolute Gasteiger partial charge is 0.312 e. The number of hydrogen-bond donors (Lipinski definition) is 1. The minimum absolute atomic E-state index is 0.155. The molecule has 1 unspecified atom stereocenters. The van der Waals surface area contributed by atoms with E-state index in [0.29, 0.717) is 11.5 Å². The van der Waals surface area contributed by atoms with Gasteiger partial charge in [-0.25, -0.2) is 4.39 Å². The fourth-order valence-electron chi connectivity index (χ4n) is 2.66. The second-order valence-corrected chi connectivity index (χ2v) is 7.14. The van der Waals surface area contributed by atoms with E-state index in [1.54, 1.807) is 12.1 Å². The molecule has 0 spiro atoms. The van der Waals surface area contributed by atoms with E-state index in [1.165, 1.54) is 18.4 Å². The molecule has 1 atom stereocenters. The summed E-state index contributed by atoms with van der Waals surface area (Å²) in [6.07, 6.45) is 2.50. The molecule has 1 aliphatic heterocycles. The zero-order valence-corrected chi connectivity index (χ0v) is 13.0. The van der Waals surface area contributed by atoms with Gasteiger partial charge in [0, 0.05) is 25.7 Å². The van der Waals surface area contributed by atoms with Gasteiger partial charge >= 0.3 is 0 Å². The molecule has 3 heteroatoms. The van der Waals surface area contributed by atoms with Crippen LogP contribution in [0.5, 0.6) is 0 Å². The Labute approximate surface area is 122 Å². The highest BCUT2D eigenvalue weighted by atomic mass is 19.1. The van der Waals surface area contributed by atoms with E-state index in [-0.39, 0.29) is 5.82 Å². The van der Waals surface area contributed by atoms with Crippen LogP contribution in [0.3, 0.4) is 0 Å². The van der Waals surface area contributed by atoms with Crippen molar-refractivity contribution < 1.29 is 4.39 Å². The standard InChI is InChI=1S/C17H27FN2/c1-17(2,3)13-19-16-5-4-10-20(12-16)11-14-6-8-15(18)9-7-14/h6-9,16,19H,4-5,10-13H2,1-3H3. The minimum atomic E-state index is -0.155. The van der Waals surface area contributed by atoms with Gasteiger partial charge in [-0.3, -0.25) is 4.90 Å². The van der Waals surface area contributed by atoms with Crippen molar-refractivity contribution >= 4 is 0 Å². The third kappa shape index (κ3) is 5.22. The van der Waals surface area contributed by atoms with Crippen molar-refractivity contribution in [2.75, 3.05) is 19.6 Å². The van der Waals surface area contributed by atoms with E-state index in [1.807, 2.05) is 12.1 Å². The summed E-state index contributed by atoms with van der Waals surface area (Å²) in [6, 6.07) is 7.47. The Morgan fingerprint density at radius 1 is 1.25 bits per heavy atom. The van der Waals surface area contributed by atoms with Crippen LogP contribution in [0.2, 0.25) is 0 Å². The maximum atomic E-state index is 12.9. The Hall–Kier alpha value is -0.930. The molecule has 1 fully saturated rings. The van der Waals surface area contributed by atoms with Crippen LogP contribution in [0.15, 0.2) is 24.3 Å². The summed E-state index contributed by atoms with van der Waals surface area (Å²) in [7, 11) is 0. The van der Waals surface area contributed by atoms with E-state index in [4.69, 9.17) is 0 Å². The summed E-state index contributed by atoms with van der Waals surface area (Å²) in [4.78, 5) is 2.47. The quantitative estimate of drug-likeness (QED) is 0.908. The molecular formula is C17H27FN2. The normalized spacial score (nSPS) is 21.1. The monoisotopic (exact) mass is 278 g/mol. The molecule has 1 saturated heterocycles. The number of likely N-dealkylation sites (tertiary alicyclic amines) is 1. The molecule has 2 nitrogen and oxygen atoms in total. The highest BCUT2D eigenvalue weighted by Crippen LogP contribution is 2.16. The van der Waals surface area contributed by atoms with Crippen molar-refractivity contribution in [2.24, 2.45) is 5.41 Å². The third-order valence-corrected chi connectivity index (χ3v) is 3.75. The SMILES string of the molecule is CC(C)(C)CNC1CCCN(Cc2ccc(F)cc2)C1. The lowest BCUT2D eigenvalue weighted by molar-refractivity contribution is 0.175. The first-order valence-electron chi connectivity index (χ1n) is 7.62. The van der Waals surface area contributed by atoms with Gasteiger partial charge in [-0.15, -0.1) is 0 Å². The Balaban J connectivity index is 1.82. The van der Waals surface area contributed by atoms with E-state index < -0.39 is 0 Å². The molecule has 20 heavy (non-hydrogen) atoms. The molecule has 0 amide bonds. The van der Waals surface area contributed by atoms with Gasteiger partial charge in [-0.1, -0.05) is 32.9 Å². The van der Waals surface area contributed by atoms with Gasteiger partial charge in [-0.2, -0.15) is 0 Å². The first kappa shape index (κ1) is 15.5.